The van der Waals surface area contributed by atoms with E-state index in [1.807, 2.05) is 24.3 Å². The van der Waals surface area contributed by atoms with Crippen LogP contribution in [0, 0.1) is 6.92 Å². The molecule has 140 valence electrons. The van der Waals surface area contributed by atoms with E-state index in [4.69, 9.17) is 9.15 Å². The van der Waals surface area contributed by atoms with Gasteiger partial charge < -0.3 is 14.5 Å². The molecule has 7 nitrogen and oxygen atoms in total. The Balaban J connectivity index is 1.65. The lowest BCUT2D eigenvalue weighted by Crippen LogP contribution is -2.46. The summed E-state index contributed by atoms with van der Waals surface area (Å²) in [7, 11) is 1.29. The van der Waals surface area contributed by atoms with Crippen molar-refractivity contribution in [1.82, 2.24) is 10.2 Å². The molecule has 1 N–H and O–H groups in total. The van der Waals surface area contributed by atoms with Gasteiger partial charge in [0, 0.05) is 0 Å². The molecule has 1 aliphatic heterocycles. The van der Waals surface area contributed by atoms with E-state index in [0.717, 1.165) is 28.9 Å². The summed E-state index contributed by atoms with van der Waals surface area (Å²) < 4.78 is 10.3. The number of aryl methyl sites for hydroxylation is 2. The molecule has 1 aromatic carbocycles. The molecule has 1 fully saturated rings. The van der Waals surface area contributed by atoms with Crippen LogP contribution in [0.3, 0.4) is 0 Å². The number of nitrogens with zero attached hydrogens (tertiary/aromatic N) is 1. The first-order chi connectivity index (χ1) is 13.0. The van der Waals surface area contributed by atoms with Crippen LogP contribution in [-0.2, 0) is 28.0 Å². The van der Waals surface area contributed by atoms with E-state index in [1.165, 1.54) is 13.2 Å². The predicted molar refractivity (Wildman–Crippen MR) is 94.9 cm³/mol. The molecule has 0 bridgehead atoms. The first kappa shape index (κ1) is 17.3. The van der Waals surface area contributed by atoms with Crippen LogP contribution >= 0.6 is 0 Å². The van der Waals surface area contributed by atoms with Gasteiger partial charge in [-0.25, -0.2) is 9.59 Å². The Kier molecular flexibility index (Phi) is 4.02. The van der Waals surface area contributed by atoms with Gasteiger partial charge in [0.15, 0.2) is 0 Å². The van der Waals surface area contributed by atoms with Gasteiger partial charge in [-0.2, -0.15) is 0 Å². The van der Waals surface area contributed by atoms with Crippen LogP contribution in [-0.4, -0.2) is 29.9 Å². The molecule has 3 amide bonds. The number of benzene rings is 1. The second-order valence-corrected chi connectivity index (χ2v) is 6.91. The fourth-order valence-corrected chi connectivity index (χ4v) is 4.05. The van der Waals surface area contributed by atoms with Crippen molar-refractivity contribution in [2.75, 3.05) is 7.11 Å². The largest absolute Gasteiger partial charge is 0.465 e. The molecule has 7 heteroatoms. The molecule has 4 rings (SSSR count). The smallest absolute Gasteiger partial charge is 0.341 e. The number of furan rings is 1. The summed E-state index contributed by atoms with van der Waals surface area (Å²) in [5.41, 5.74) is 1.22. The third-order valence-corrected chi connectivity index (χ3v) is 5.34. The molecule has 2 heterocycles. The van der Waals surface area contributed by atoms with Crippen LogP contribution < -0.4 is 5.32 Å². The zero-order valence-electron chi connectivity index (χ0n) is 15.2. The molecule has 0 radical (unpaired) electrons. The van der Waals surface area contributed by atoms with Crippen LogP contribution in [0.15, 0.2) is 34.7 Å². The Morgan fingerprint density at radius 3 is 2.89 bits per heavy atom. The molecule has 1 aliphatic carbocycles. The maximum absolute atomic E-state index is 13.3. The number of carbonyl (C=O) groups is 3. The number of carbonyl (C=O) groups excluding carboxylic acids is 3. The van der Waals surface area contributed by atoms with E-state index in [9.17, 15) is 14.4 Å². The highest BCUT2D eigenvalue weighted by molar-refractivity contribution is 6.07. The van der Waals surface area contributed by atoms with E-state index < -0.39 is 17.5 Å². The Labute approximate surface area is 156 Å². The number of fused-ring (bicyclic) bond motifs is 2. The standard InChI is InChI=1S/C20H20N2O5/c1-12-15(17(23)26-2)10-14(27-12)11-22-18(24)20(21-19(22)25)9-5-7-13-6-3-4-8-16(13)20/h3-4,6,8,10H,5,7,9,11H2,1-2H3,(H,21,25)/t20-/m1/s1. The highest BCUT2D eigenvalue weighted by Gasteiger charge is 2.54. The fourth-order valence-electron chi connectivity index (χ4n) is 4.05. The van der Waals surface area contributed by atoms with Crippen LogP contribution in [0.2, 0.25) is 0 Å². The summed E-state index contributed by atoms with van der Waals surface area (Å²) in [4.78, 5) is 38.8. The maximum Gasteiger partial charge on any atom is 0.341 e. The quantitative estimate of drug-likeness (QED) is 0.665. The lowest BCUT2D eigenvalue weighted by molar-refractivity contribution is -0.132. The number of hydrogen-bond acceptors (Lipinski definition) is 5. The van der Waals surface area contributed by atoms with Crippen molar-refractivity contribution >= 4 is 17.9 Å². The van der Waals surface area contributed by atoms with Crippen LogP contribution in [0.1, 0.15) is 45.8 Å². The summed E-state index contributed by atoms with van der Waals surface area (Å²) >= 11 is 0. The van der Waals surface area contributed by atoms with Crippen molar-refractivity contribution < 1.29 is 23.5 Å². The van der Waals surface area contributed by atoms with Crippen molar-refractivity contribution in [1.29, 1.82) is 0 Å². The van der Waals surface area contributed by atoms with Crippen molar-refractivity contribution in [3.8, 4) is 0 Å². The van der Waals surface area contributed by atoms with E-state index in [0.29, 0.717) is 17.9 Å². The van der Waals surface area contributed by atoms with Crippen LogP contribution in [0.25, 0.3) is 0 Å². The molecule has 27 heavy (non-hydrogen) atoms. The Morgan fingerprint density at radius 2 is 2.11 bits per heavy atom. The second kappa shape index (κ2) is 6.26. The lowest BCUT2D eigenvalue weighted by atomic mass is 9.76. The van der Waals surface area contributed by atoms with E-state index >= 15 is 0 Å². The minimum Gasteiger partial charge on any atom is -0.465 e. The molecule has 2 aromatic rings. The lowest BCUT2D eigenvalue weighted by Gasteiger charge is -2.33. The van der Waals surface area contributed by atoms with E-state index in [-0.39, 0.29) is 18.0 Å². The van der Waals surface area contributed by atoms with Crippen molar-refractivity contribution in [2.45, 2.75) is 38.3 Å². The Hall–Kier alpha value is -3.09. The molecule has 1 atom stereocenters. The third-order valence-electron chi connectivity index (χ3n) is 5.34. The Morgan fingerprint density at radius 1 is 1.33 bits per heavy atom. The number of rotatable bonds is 3. The maximum atomic E-state index is 13.3. The molecular weight excluding hydrogens is 348 g/mol. The van der Waals surface area contributed by atoms with Crippen molar-refractivity contribution in [2.24, 2.45) is 0 Å². The Bertz CT molecular complexity index is 948. The monoisotopic (exact) mass is 368 g/mol. The van der Waals surface area contributed by atoms with Crippen molar-refractivity contribution in [3.05, 3.63) is 58.5 Å². The summed E-state index contributed by atoms with van der Waals surface area (Å²) in [6.07, 6.45) is 2.28. The van der Waals surface area contributed by atoms with E-state index in [1.54, 1.807) is 6.92 Å². The average molecular weight is 368 g/mol. The third kappa shape index (κ3) is 2.61. The second-order valence-electron chi connectivity index (χ2n) is 6.91. The molecule has 2 aliphatic rings. The molecular formula is C20H20N2O5. The summed E-state index contributed by atoms with van der Waals surface area (Å²) in [5.74, 6) is -0.0510. The van der Waals surface area contributed by atoms with Crippen LogP contribution in [0.5, 0.6) is 0 Å². The number of amides is 3. The summed E-state index contributed by atoms with van der Waals surface area (Å²) in [6, 6.07) is 8.79. The first-order valence-electron chi connectivity index (χ1n) is 8.86. The normalized spacial score (nSPS) is 21.3. The predicted octanol–water partition coefficient (Wildman–Crippen LogP) is 2.66. The summed E-state index contributed by atoms with van der Waals surface area (Å²) in [5, 5.41) is 2.91. The number of esters is 1. The van der Waals surface area contributed by atoms with Gasteiger partial charge in [0.1, 0.15) is 22.6 Å². The van der Waals surface area contributed by atoms with Gasteiger partial charge in [0.25, 0.3) is 5.91 Å². The minimum atomic E-state index is -1.02. The minimum absolute atomic E-state index is 0.0353. The topological polar surface area (TPSA) is 88.9 Å². The molecule has 1 aromatic heterocycles. The molecule has 0 unspecified atom stereocenters. The zero-order chi connectivity index (χ0) is 19.2. The van der Waals surface area contributed by atoms with Gasteiger partial charge in [-0.05, 0) is 43.4 Å². The molecule has 1 saturated heterocycles. The van der Waals surface area contributed by atoms with Gasteiger partial charge in [-0.15, -0.1) is 0 Å². The SMILES string of the molecule is COC(=O)c1cc(CN2C(=O)N[C@@]3(CCCc4ccccc43)C2=O)oc1C. The molecule has 1 spiro atoms. The van der Waals surface area contributed by atoms with E-state index in [2.05, 4.69) is 5.32 Å². The summed E-state index contributed by atoms with van der Waals surface area (Å²) in [6.45, 7) is 1.60. The number of methoxy groups -OCH3 is 1. The first-order valence-corrected chi connectivity index (χ1v) is 8.86. The van der Waals surface area contributed by atoms with Gasteiger partial charge in [-0.1, -0.05) is 24.3 Å². The van der Waals surface area contributed by atoms with Gasteiger partial charge in [0.2, 0.25) is 0 Å². The van der Waals surface area contributed by atoms with Gasteiger partial charge in [0.05, 0.1) is 13.7 Å². The van der Waals surface area contributed by atoms with Gasteiger partial charge in [-0.3, -0.25) is 9.69 Å². The highest BCUT2D eigenvalue weighted by Crippen LogP contribution is 2.40. The number of ether oxygens (including phenoxy) is 1. The number of imide groups is 1. The number of urea groups is 1. The highest BCUT2D eigenvalue weighted by atomic mass is 16.5. The van der Waals surface area contributed by atoms with Crippen LogP contribution in [0.4, 0.5) is 4.79 Å². The van der Waals surface area contributed by atoms with Gasteiger partial charge >= 0.3 is 12.0 Å². The fraction of sp³-hybridized carbons (Fsp3) is 0.350. The zero-order valence-corrected chi connectivity index (χ0v) is 15.2. The number of nitrogens with one attached hydrogen (secondary N) is 1. The molecule has 0 saturated carbocycles. The average Bonchev–Trinajstić information content (AvgIpc) is 3.15. The number of hydrogen-bond donors (Lipinski definition) is 1. The van der Waals surface area contributed by atoms with Crippen molar-refractivity contribution in [3.63, 3.8) is 0 Å².